The predicted molar refractivity (Wildman–Crippen MR) is 77.9 cm³/mol. The predicted octanol–water partition coefficient (Wildman–Crippen LogP) is 3.96. The molecule has 5 heteroatoms. The third-order valence-electron chi connectivity index (χ3n) is 4.11. The van der Waals surface area contributed by atoms with Gasteiger partial charge in [-0.05, 0) is 37.8 Å². The van der Waals surface area contributed by atoms with E-state index in [0.29, 0.717) is 17.5 Å². The number of piperidine rings is 1. The quantitative estimate of drug-likeness (QED) is 0.479. The van der Waals surface area contributed by atoms with Crippen LogP contribution in [0.1, 0.15) is 32.3 Å². The van der Waals surface area contributed by atoms with Gasteiger partial charge in [0.2, 0.25) is 0 Å². The van der Waals surface area contributed by atoms with Crippen molar-refractivity contribution in [1.82, 2.24) is 0 Å². The normalized spacial score (nSPS) is 23.4. The molecule has 104 valence electrons. The molecule has 2 rings (SSSR count). The van der Waals surface area contributed by atoms with E-state index in [2.05, 4.69) is 18.7 Å². The van der Waals surface area contributed by atoms with Gasteiger partial charge in [-0.1, -0.05) is 6.92 Å². The van der Waals surface area contributed by atoms with E-state index in [1.807, 2.05) is 12.1 Å². The summed E-state index contributed by atoms with van der Waals surface area (Å²) in [5.74, 6) is 0.811. The summed E-state index contributed by atoms with van der Waals surface area (Å²) in [7, 11) is 0. The first-order chi connectivity index (χ1) is 9.04. The monoisotopic (exact) mass is 282 g/mol. The van der Waals surface area contributed by atoms with Gasteiger partial charge in [-0.25, -0.2) is 0 Å². The molecule has 1 fully saturated rings. The number of nitro benzene ring substituents is 1. The molecule has 4 nitrogen and oxygen atoms in total. The molecule has 0 aliphatic carbocycles. The van der Waals surface area contributed by atoms with E-state index in [1.165, 1.54) is 12.8 Å². The van der Waals surface area contributed by atoms with E-state index in [-0.39, 0.29) is 16.5 Å². The van der Waals surface area contributed by atoms with E-state index in [1.54, 1.807) is 6.07 Å². The zero-order valence-corrected chi connectivity index (χ0v) is 12.1. The molecule has 0 aromatic heterocycles. The highest BCUT2D eigenvalue weighted by Crippen LogP contribution is 2.32. The van der Waals surface area contributed by atoms with Gasteiger partial charge in [-0.2, -0.15) is 0 Å². The second kappa shape index (κ2) is 5.78. The number of nitro groups is 1. The van der Waals surface area contributed by atoms with E-state index >= 15 is 0 Å². The Morgan fingerprint density at radius 3 is 2.84 bits per heavy atom. The molecule has 1 aromatic carbocycles. The van der Waals surface area contributed by atoms with Crippen LogP contribution in [0.25, 0.3) is 0 Å². The van der Waals surface area contributed by atoms with Gasteiger partial charge in [-0.15, -0.1) is 11.6 Å². The van der Waals surface area contributed by atoms with Crippen molar-refractivity contribution in [1.29, 1.82) is 0 Å². The second-order valence-electron chi connectivity index (χ2n) is 5.26. The van der Waals surface area contributed by atoms with Gasteiger partial charge >= 0.3 is 0 Å². The molecular weight excluding hydrogens is 264 g/mol. The maximum Gasteiger partial charge on any atom is 0.273 e. The summed E-state index contributed by atoms with van der Waals surface area (Å²) in [6, 6.07) is 5.72. The summed E-state index contributed by atoms with van der Waals surface area (Å²) in [4.78, 5) is 12.9. The van der Waals surface area contributed by atoms with E-state index in [9.17, 15) is 10.1 Å². The molecule has 1 aliphatic rings. The van der Waals surface area contributed by atoms with Crippen LogP contribution in [-0.2, 0) is 5.88 Å². The van der Waals surface area contributed by atoms with E-state index < -0.39 is 0 Å². The molecule has 1 aromatic rings. The van der Waals surface area contributed by atoms with Crippen molar-refractivity contribution in [3.05, 3.63) is 33.9 Å². The summed E-state index contributed by atoms with van der Waals surface area (Å²) in [6.07, 6.45) is 2.41. The number of alkyl halides is 1. The lowest BCUT2D eigenvalue weighted by molar-refractivity contribution is -0.385. The summed E-state index contributed by atoms with van der Waals surface area (Å²) >= 11 is 5.83. The summed E-state index contributed by atoms with van der Waals surface area (Å²) in [6.45, 7) is 5.47. The minimum absolute atomic E-state index is 0.108. The Morgan fingerprint density at radius 2 is 2.21 bits per heavy atom. The molecule has 2 atom stereocenters. The van der Waals surface area contributed by atoms with Gasteiger partial charge in [0.15, 0.2) is 0 Å². The Balaban J connectivity index is 2.32. The van der Waals surface area contributed by atoms with Gasteiger partial charge < -0.3 is 4.90 Å². The summed E-state index contributed by atoms with van der Waals surface area (Å²) in [5, 5.41) is 10.9. The highest BCUT2D eigenvalue weighted by molar-refractivity contribution is 6.17. The van der Waals surface area contributed by atoms with Crippen molar-refractivity contribution in [3.8, 4) is 0 Å². The fraction of sp³-hybridized carbons (Fsp3) is 0.571. The highest BCUT2D eigenvalue weighted by Gasteiger charge is 2.26. The zero-order valence-electron chi connectivity index (χ0n) is 11.3. The maximum absolute atomic E-state index is 10.9. The van der Waals surface area contributed by atoms with Crippen LogP contribution in [0.4, 0.5) is 11.4 Å². The van der Waals surface area contributed by atoms with Crippen LogP contribution in [-0.4, -0.2) is 17.5 Å². The first-order valence-electron chi connectivity index (χ1n) is 6.64. The number of hydrogen-bond acceptors (Lipinski definition) is 3. The van der Waals surface area contributed by atoms with Gasteiger partial charge in [0, 0.05) is 29.9 Å². The molecule has 1 saturated heterocycles. The maximum atomic E-state index is 10.9. The fourth-order valence-corrected chi connectivity index (χ4v) is 2.95. The Labute approximate surface area is 118 Å². The van der Waals surface area contributed by atoms with Crippen LogP contribution in [0.3, 0.4) is 0 Å². The van der Waals surface area contributed by atoms with Crippen molar-refractivity contribution in [2.45, 2.75) is 38.6 Å². The Bertz CT molecular complexity index is 479. The highest BCUT2D eigenvalue weighted by atomic mass is 35.5. The number of anilines is 1. The lowest BCUT2D eigenvalue weighted by atomic mass is 9.91. The number of benzene rings is 1. The molecule has 1 heterocycles. The van der Waals surface area contributed by atoms with Crippen LogP contribution in [0.15, 0.2) is 18.2 Å². The van der Waals surface area contributed by atoms with Gasteiger partial charge in [0.05, 0.1) is 10.8 Å². The number of rotatable bonds is 3. The molecule has 0 radical (unpaired) electrons. The van der Waals surface area contributed by atoms with Crippen LogP contribution in [0, 0.1) is 16.0 Å². The van der Waals surface area contributed by atoms with Crippen molar-refractivity contribution in [3.63, 3.8) is 0 Å². The first kappa shape index (κ1) is 14.1. The van der Waals surface area contributed by atoms with E-state index in [0.717, 1.165) is 12.2 Å². The molecule has 0 N–H and O–H groups in total. The van der Waals surface area contributed by atoms with Gasteiger partial charge in [0.25, 0.3) is 5.69 Å². The molecule has 0 bridgehead atoms. The van der Waals surface area contributed by atoms with Crippen molar-refractivity contribution in [2.24, 2.45) is 5.92 Å². The van der Waals surface area contributed by atoms with E-state index in [4.69, 9.17) is 11.6 Å². The Kier molecular flexibility index (Phi) is 4.30. The fourth-order valence-electron chi connectivity index (χ4n) is 2.74. The average molecular weight is 283 g/mol. The molecular formula is C14H19ClN2O2. The first-order valence-corrected chi connectivity index (χ1v) is 7.18. The van der Waals surface area contributed by atoms with Crippen LogP contribution in [0.5, 0.6) is 0 Å². The van der Waals surface area contributed by atoms with Crippen LogP contribution in [0.2, 0.25) is 0 Å². The topological polar surface area (TPSA) is 46.4 Å². The van der Waals surface area contributed by atoms with Crippen molar-refractivity contribution >= 4 is 23.0 Å². The molecule has 2 unspecified atom stereocenters. The largest absolute Gasteiger partial charge is 0.369 e. The van der Waals surface area contributed by atoms with Crippen LogP contribution < -0.4 is 4.90 Å². The third-order valence-corrected chi connectivity index (χ3v) is 4.40. The zero-order chi connectivity index (χ0) is 14.0. The van der Waals surface area contributed by atoms with Gasteiger partial charge in [-0.3, -0.25) is 10.1 Å². The smallest absolute Gasteiger partial charge is 0.273 e. The lowest BCUT2D eigenvalue weighted by Gasteiger charge is -2.39. The molecule has 0 saturated carbocycles. The number of halogens is 1. The molecule has 0 amide bonds. The lowest BCUT2D eigenvalue weighted by Crippen LogP contribution is -2.42. The SMILES string of the molecule is CC1CCCN(c2ccc([N+](=O)[O-])c(CCl)c2)C1C. The summed E-state index contributed by atoms with van der Waals surface area (Å²) in [5.41, 5.74) is 1.74. The van der Waals surface area contributed by atoms with Crippen molar-refractivity contribution < 1.29 is 4.92 Å². The Morgan fingerprint density at radius 1 is 1.47 bits per heavy atom. The number of nitrogens with zero attached hydrogens (tertiary/aromatic N) is 2. The molecule has 1 aliphatic heterocycles. The number of hydrogen-bond donors (Lipinski definition) is 0. The standard InChI is InChI=1S/C14H19ClN2O2/c1-10-4-3-7-16(11(10)2)13-5-6-14(17(18)19)12(8-13)9-15/h5-6,8,10-11H,3-4,7,9H2,1-2H3. The minimum Gasteiger partial charge on any atom is -0.369 e. The van der Waals surface area contributed by atoms with Crippen molar-refractivity contribution in [2.75, 3.05) is 11.4 Å². The van der Waals surface area contributed by atoms with Crippen LogP contribution >= 0.6 is 11.6 Å². The average Bonchev–Trinajstić information content (AvgIpc) is 2.41. The molecule has 19 heavy (non-hydrogen) atoms. The minimum atomic E-state index is -0.371. The molecule has 0 spiro atoms. The second-order valence-corrected chi connectivity index (χ2v) is 5.52. The third kappa shape index (κ3) is 2.84. The summed E-state index contributed by atoms with van der Waals surface area (Å²) < 4.78 is 0. The Hall–Kier alpha value is -1.29. The van der Waals surface area contributed by atoms with Gasteiger partial charge in [0.1, 0.15) is 0 Å².